The Bertz CT molecular complexity index is 1010. The van der Waals surface area contributed by atoms with Crippen molar-refractivity contribution in [3.05, 3.63) is 58.1 Å². The van der Waals surface area contributed by atoms with Crippen LogP contribution in [-0.4, -0.2) is 15.6 Å². The van der Waals surface area contributed by atoms with Crippen LogP contribution < -0.4 is 0 Å². The summed E-state index contributed by atoms with van der Waals surface area (Å²) in [7, 11) is 0. The summed E-state index contributed by atoms with van der Waals surface area (Å²) in [6, 6.07) is 13.0. The number of halogens is 1. The number of hydrogen-bond acceptors (Lipinski definition) is 3. The molecular weight excluding hydrogens is 406 g/mol. The Morgan fingerprint density at radius 1 is 1.19 bits per heavy atom. The van der Waals surface area contributed by atoms with Crippen molar-refractivity contribution in [2.24, 2.45) is 10.2 Å². The highest BCUT2D eigenvalue weighted by molar-refractivity contribution is 9.10. The Hall–Kier alpha value is -2.47. The second kappa shape index (κ2) is 8.48. The summed E-state index contributed by atoms with van der Waals surface area (Å²) in [5.41, 5.74) is 2.66. The molecule has 1 amide bonds. The number of amides is 1. The van der Waals surface area contributed by atoms with Crippen molar-refractivity contribution in [2.75, 3.05) is 0 Å². The van der Waals surface area contributed by atoms with Crippen LogP contribution in [0.5, 0.6) is 5.88 Å². The molecule has 0 aliphatic carbocycles. The second-order valence-electron chi connectivity index (χ2n) is 6.57. The zero-order valence-corrected chi connectivity index (χ0v) is 17.0. The highest BCUT2D eigenvalue weighted by atomic mass is 79.9. The van der Waals surface area contributed by atoms with E-state index in [2.05, 4.69) is 33.1 Å². The Kier molecular flexibility index (Phi) is 6.06. The summed E-state index contributed by atoms with van der Waals surface area (Å²) in [5.74, 6) is -0.389. The van der Waals surface area contributed by atoms with Gasteiger partial charge in [0, 0.05) is 22.0 Å². The Morgan fingerprint density at radius 3 is 2.74 bits per heavy atom. The fraction of sp³-hybridized carbons (Fsp3) is 0.286. The Balaban J connectivity index is 1.99. The molecule has 0 fully saturated rings. The van der Waals surface area contributed by atoms with Crippen LogP contribution in [0.25, 0.3) is 10.9 Å². The van der Waals surface area contributed by atoms with Gasteiger partial charge >= 0.3 is 0 Å². The first-order chi connectivity index (χ1) is 13.0. The van der Waals surface area contributed by atoms with Crippen molar-refractivity contribution >= 4 is 38.4 Å². The minimum absolute atomic E-state index is 0.0417. The molecule has 0 aliphatic rings. The maximum absolute atomic E-state index is 12.3. The highest BCUT2D eigenvalue weighted by Crippen LogP contribution is 2.40. The Morgan fingerprint density at radius 2 is 2.00 bits per heavy atom. The molecule has 0 spiro atoms. The number of hydrogen-bond donors (Lipinski definition) is 1. The first-order valence-electron chi connectivity index (χ1n) is 9.04. The number of unbranched alkanes of at least 4 members (excludes halogenated alkanes) is 2. The number of aromatic hydroxyl groups is 1. The van der Waals surface area contributed by atoms with Gasteiger partial charge in [0.05, 0.1) is 5.52 Å². The number of azo groups is 1. The lowest BCUT2D eigenvalue weighted by molar-refractivity contribution is 0.0995. The zero-order valence-electron chi connectivity index (χ0n) is 15.4. The van der Waals surface area contributed by atoms with E-state index in [0.29, 0.717) is 17.8 Å². The number of carbonyl (C=O) groups is 1. The monoisotopic (exact) mass is 427 g/mol. The van der Waals surface area contributed by atoms with E-state index in [9.17, 15) is 9.90 Å². The molecule has 0 aliphatic heterocycles. The summed E-state index contributed by atoms with van der Waals surface area (Å²) in [5, 5.41) is 19.4. The maximum atomic E-state index is 12.3. The normalized spacial score (nSPS) is 11.5. The van der Waals surface area contributed by atoms with E-state index >= 15 is 0 Å². The van der Waals surface area contributed by atoms with Crippen LogP contribution in [0.1, 0.15) is 42.1 Å². The lowest BCUT2D eigenvalue weighted by Crippen LogP contribution is -1.96. The topological polar surface area (TPSA) is 66.9 Å². The molecule has 3 rings (SSSR count). The van der Waals surface area contributed by atoms with Crippen LogP contribution in [0.15, 0.2) is 57.2 Å². The molecule has 5 nitrogen and oxygen atoms in total. The molecule has 0 saturated carbocycles. The van der Waals surface area contributed by atoms with Crippen LogP contribution in [0, 0.1) is 6.92 Å². The van der Waals surface area contributed by atoms with E-state index in [1.807, 2.05) is 41.8 Å². The second-order valence-corrected chi connectivity index (χ2v) is 7.48. The average molecular weight is 428 g/mol. The minimum atomic E-state index is -0.431. The van der Waals surface area contributed by atoms with Crippen molar-refractivity contribution in [1.82, 2.24) is 4.57 Å². The van der Waals surface area contributed by atoms with Gasteiger partial charge in [0.2, 0.25) is 5.88 Å². The minimum Gasteiger partial charge on any atom is -0.493 e. The van der Waals surface area contributed by atoms with Gasteiger partial charge in [-0.2, -0.15) is 0 Å². The predicted octanol–water partition coefficient (Wildman–Crippen LogP) is 6.53. The molecule has 0 unspecified atom stereocenters. The number of aromatic nitrogens is 1. The molecule has 0 bridgehead atoms. The molecule has 27 heavy (non-hydrogen) atoms. The molecular formula is C21H22BrN3O2. The fourth-order valence-electron chi connectivity index (χ4n) is 3.07. The lowest BCUT2D eigenvalue weighted by atomic mass is 10.1. The number of fused-ring (bicyclic) bond motifs is 1. The van der Waals surface area contributed by atoms with Crippen molar-refractivity contribution in [3.63, 3.8) is 0 Å². The molecule has 0 radical (unpaired) electrons. The largest absolute Gasteiger partial charge is 0.493 e. The van der Waals surface area contributed by atoms with Crippen molar-refractivity contribution in [2.45, 2.75) is 39.7 Å². The third-order valence-electron chi connectivity index (χ3n) is 4.46. The van der Waals surface area contributed by atoms with E-state index in [1.165, 1.54) is 0 Å². The molecule has 2 aromatic carbocycles. The molecule has 1 N–H and O–H groups in total. The summed E-state index contributed by atoms with van der Waals surface area (Å²) in [4.78, 5) is 12.3. The molecule has 0 saturated heterocycles. The molecule has 3 aromatic rings. The van der Waals surface area contributed by atoms with E-state index in [1.54, 1.807) is 12.1 Å². The standard InChI is InChI=1S/C21H22BrN3O2/c1-3-4-5-11-25-18-10-9-16(22)13-17(18)19(21(25)27)23-24-20(26)15-8-6-7-14(2)12-15/h6-10,12-13,27H,3-5,11H2,1-2H3. The molecule has 0 atom stereocenters. The first-order valence-corrected chi connectivity index (χ1v) is 9.84. The van der Waals surface area contributed by atoms with Crippen LogP contribution >= 0.6 is 15.9 Å². The number of carbonyl (C=O) groups excluding carboxylic acids is 1. The van der Waals surface area contributed by atoms with Gasteiger partial charge in [-0.15, -0.1) is 10.2 Å². The average Bonchev–Trinajstić information content (AvgIpc) is 2.90. The van der Waals surface area contributed by atoms with Gasteiger partial charge in [-0.3, -0.25) is 4.79 Å². The van der Waals surface area contributed by atoms with Gasteiger partial charge in [0.25, 0.3) is 5.91 Å². The summed E-state index contributed by atoms with van der Waals surface area (Å²) in [6.45, 7) is 4.75. The number of aryl methyl sites for hydroxylation is 2. The summed E-state index contributed by atoms with van der Waals surface area (Å²) in [6.07, 6.45) is 3.14. The van der Waals surface area contributed by atoms with Crippen LogP contribution in [0.4, 0.5) is 5.69 Å². The van der Waals surface area contributed by atoms with E-state index in [-0.39, 0.29) is 5.88 Å². The van der Waals surface area contributed by atoms with Crippen LogP contribution in [0.3, 0.4) is 0 Å². The predicted molar refractivity (Wildman–Crippen MR) is 111 cm³/mol. The third-order valence-corrected chi connectivity index (χ3v) is 4.96. The first kappa shape index (κ1) is 19.3. The summed E-state index contributed by atoms with van der Waals surface area (Å²) >= 11 is 3.46. The summed E-state index contributed by atoms with van der Waals surface area (Å²) < 4.78 is 2.71. The van der Waals surface area contributed by atoms with Gasteiger partial charge in [0.15, 0.2) is 5.69 Å². The van der Waals surface area contributed by atoms with Gasteiger partial charge in [-0.1, -0.05) is 53.4 Å². The number of nitrogens with zero attached hydrogens (tertiary/aromatic N) is 3. The molecule has 6 heteroatoms. The van der Waals surface area contributed by atoms with Gasteiger partial charge in [-0.05, 0) is 43.7 Å². The molecule has 1 aromatic heterocycles. The fourth-order valence-corrected chi connectivity index (χ4v) is 3.43. The van der Waals surface area contributed by atoms with E-state index in [4.69, 9.17) is 0 Å². The van der Waals surface area contributed by atoms with E-state index in [0.717, 1.165) is 40.2 Å². The SMILES string of the molecule is CCCCCn1c(O)c(N=NC(=O)c2cccc(C)c2)c2cc(Br)ccc21. The number of benzene rings is 2. The molecule has 140 valence electrons. The zero-order chi connectivity index (χ0) is 19.4. The lowest BCUT2D eigenvalue weighted by Gasteiger charge is -2.06. The van der Waals surface area contributed by atoms with Gasteiger partial charge < -0.3 is 9.67 Å². The highest BCUT2D eigenvalue weighted by Gasteiger charge is 2.17. The maximum Gasteiger partial charge on any atom is 0.295 e. The Labute approximate surface area is 166 Å². The quantitative estimate of drug-likeness (QED) is 0.358. The van der Waals surface area contributed by atoms with E-state index < -0.39 is 5.91 Å². The van der Waals surface area contributed by atoms with Gasteiger partial charge in [-0.25, -0.2) is 0 Å². The van der Waals surface area contributed by atoms with Crippen molar-refractivity contribution in [3.8, 4) is 5.88 Å². The smallest absolute Gasteiger partial charge is 0.295 e. The molecule has 1 heterocycles. The van der Waals surface area contributed by atoms with Crippen molar-refractivity contribution in [1.29, 1.82) is 0 Å². The third kappa shape index (κ3) is 4.27. The van der Waals surface area contributed by atoms with Crippen molar-refractivity contribution < 1.29 is 9.90 Å². The van der Waals surface area contributed by atoms with Gasteiger partial charge in [0.1, 0.15) is 0 Å². The van der Waals surface area contributed by atoms with Crippen LogP contribution in [0.2, 0.25) is 0 Å². The van der Waals surface area contributed by atoms with Crippen LogP contribution in [-0.2, 0) is 6.54 Å². The number of rotatable bonds is 6.